The number of hydrogen-bond acceptors (Lipinski definition) is 4. The normalized spacial score (nSPS) is 26.8. The molecule has 0 aliphatic carbocycles. The molecule has 8 heteroatoms. The van der Waals surface area contributed by atoms with Crippen molar-refractivity contribution in [2.24, 2.45) is 5.73 Å². The Morgan fingerprint density at radius 2 is 1.88 bits per heavy atom. The number of nitrogens with zero attached hydrogens (tertiary/aromatic N) is 2. The minimum atomic E-state index is -3.27. The topological polar surface area (TPSA) is 83.7 Å². The van der Waals surface area contributed by atoms with Crippen LogP contribution in [0.5, 0.6) is 0 Å². The van der Waals surface area contributed by atoms with Crippen molar-refractivity contribution in [1.29, 1.82) is 0 Å². The fourth-order valence-electron chi connectivity index (χ4n) is 3.35. The van der Waals surface area contributed by atoms with Crippen LogP contribution in [0.4, 0.5) is 0 Å². The van der Waals surface area contributed by atoms with Crippen LogP contribution in [-0.2, 0) is 14.8 Å². The molecule has 24 heavy (non-hydrogen) atoms. The van der Waals surface area contributed by atoms with Gasteiger partial charge in [0, 0.05) is 31.6 Å². The minimum Gasteiger partial charge on any atom is -0.339 e. The zero-order chi connectivity index (χ0) is 16.4. The third-order valence-corrected chi connectivity index (χ3v) is 6.61. The van der Waals surface area contributed by atoms with Gasteiger partial charge in [0.15, 0.2) is 0 Å². The number of nitrogens with two attached hydrogens (primary N) is 1. The molecule has 1 aromatic rings. The number of benzene rings is 1. The molecule has 0 saturated carbocycles. The van der Waals surface area contributed by atoms with Crippen LogP contribution in [0.25, 0.3) is 0 Å². The Balaban J connectivity index is 0.00000208. The summed E-state index contributed by atoms with van der Waals surface area (Å²) in [6, 6.07) is 9.81. The lowest BCUT2D eigenvalue weighted by molar-refractivity contribution is -0.130. The first kappa shape index (κ1) is 19.2. The second-order valence-corrected chi connectivity index (χ2v) is 8.42. The Bertz CT molecular complexity index is 668. The predicted molar refractivity (Wildman–Crippen MR) is 95.6 cm³/mol. The van der Waals surface area contributed by atoms with E-state index >= 15 is 0 Å². The maximum Gasteiger partial charge on any atom is 0.237 e. The summed E-state index contributed by atoms with van der Waals surface area (Å²) in [6.07, 6.45) is 1.50. The van der Waals surface area contributed by atoms with E-state index in [4.69, 9.17) is 5.73 Å². The molecule has 0 spiro atoms. The van der Waals surface area contributed by atoms with Gasteiger partial charge in [-0.2, -0.15) is 4.31 Å². The quantitative estimate of drug-likeness (QED) is 0.848. The Labute approximate surface area is 149 Å². The maximum absolute atomic E-state index is 12.5. The van der Waals surface area contributed by atoms with Crippen molar-refractivity contribution in [3.63, 3.8) is 0 Å². The highest BCUT2D eigenvalue weighted by Crippen LogP contribution is 2.26. The standard InChI is InChI=1S/C16H23N3O3S.ClH/c17-15-11-18(10-14(15)13-6-2-1-3-7-13)16(20)12-19-8-4-5-9-23(19,21)22;/h1-3,6-7,14-15H,4-5,8-12,17H2;1H. The molecule has 2 fully saturated rings. The molecule has 2 N–H and O–H groups in total. The molecule has 0 bridgehead atoms. The van der Waals surface area contributed by atoms with E-state index in [1.807, 2.05) is 30.3 Å². The molecular formula is C16H24ClN3O3S. The third kappa shape index (κ3) is 4.08. The average molecular weight is 374 g/mol. The van der Waals surface area contributed by atoms with E-state index in [1.165, 1.54) is 4.31 Å². The predicted octanol–water partition coefficient (Wildman–Crippen LogP) is 0.787. The summed E-state index contributed by atoms with van der Waals surface area (Å²) in [5.41, 5.74) is 7.33. The molecule has 1 aromatic carbocycles. The molecule has 2 unspecified atom stereocenters. The summed E-state index contributed by atoms with van der Waals surface area (Å²) in [5.74, 6) is 0.106. The molecule has 0 aromatic heterocycles. The van der Waals surface area contributed by atoms with E-state index in [0.717, 1.165) is 12.0 Å². The number of rotatable bonds is 3. The highest BCUT2D eigenvalue weighted by molar-refractivity contribution is 7.89. The average Bonchev–Trinajstić information content (AvgIpc) is 2.92. The van der Waals surface area contributed by atoms with Gasteiger partial charge in [0.25, 0.3) is 0 Å². The molecule has 134 valence electrons. The molecule has 0 radical (unpaired) electrons. The molecule has 2 aliphatic rings. The lowest BCUT2D eigenvalue weighted by Gasteiger charge is -2.27. The first-order valence-electron chi connectivity index (χ1n) is 8.03. The number of carbonyl (C=O) groups is 1. The lowest BCUT2D eigenvalue weighted by atomic mass is 9.95. The zero-order valence-corrected chi connectivity index (χ0v) is 15.1. The Morgan fingerprint density at radius 3 is 2.54 bits per heavy atom. The van der Waals surface area contributed by atoms with Gasteiger partial charge in [-0.05, 0) is 18.4 Å². The molecule has 2 aliphatic heterocycles. The minimum absolute atomic E-state index is 0. The SMILES string of the molecule is Cl.NC1CN(C(=O)CN2CCCCS2(=O)=O)CC1c1ccccc1. The molecular weight excluding hydrogens is 350 g/mol. The van der Waals surface area contributed by atoms with Gasteiger partial charge in [0.2, 0.25) is 15.9 Å². The monoisotopic (exact) mass is 373 g/mol. The Kier molecular flexibility index (Phi) is 6.25. The van der Waals surface area contributed by atoms with E-state index in [0.29, 0.717) is 26.1 Å². The van der Waals surface area contributed by atoms with E-state index in [1.54, 1.807) is 4.90 Å². The third-order valence-electron chi connectivity index (χ3n) is 4.71. The van der Waals surface area contributed by atoms with Crippen LogP contribution in [0.3, 0.4) is 0 Å². The number of amides is 1. The first-order valence-corrected chi connectivity index (χ1v) is 9.64. The van der Waals surface area contributed by atoms with Gasteiger partial charge >= 0.3 is 0 Å². The van der Waals surface area contributed by atoms with Crippen LogP contribution in [0.1, 0.15) is 24.3 Å². The van der Waals surface area contributed by atoms with E-state index < -0.39 is 10.0 Å². The highest BCUT2D eigenvalue weighted by Gasteiger charge is 2.36. The van der Waals surface area contributed by atoms with Crippen molar-refractivity contribution in [1.82, 2.24) is 9.21 Å². The van der Waals surface area contributed by atoms with E-state index in [-0.39, 0.29) is 42.6 Å². The fraction of sp³-hybridized carbons (Fsp3) is 0.562. The molecule has 2 atom stereocenters. The number of carbonyl (C=O) groups excluding carboxylic acids is 1. The van der Waals surface area contributed by atoms with Crippen molar-refractivity contribution in [2.45, 2.75) is 24.8 Å². The first-order chi connectivity index (χ1) is 11.0. The van der Waals surface area contributed by atoms with Gasteiger partial charge in [0.05, 0.1) is 12.3 Å². The number of hydrogen-bond donors (Lipinski definition) is 1. The maximum atomic E-state index is 12.5. The van der Waals surface area contributed by atoms with Crippen molar-refractivity contribution in [3.05, 3.63) is 35.9 Å². The Hall–Kier alpha value is -1.15. The van der Waals surface area contributed by atoms with Gasteiger partial charge in [-0.1, -0.05) is 30.3 Å². The van der Waals surface area contributed by atoms with Gasteiger partial charge in [-0.3, -0.25) is 4.79 Å². The number of halogens is 1. The van der Waals surface area contributed by atoms with Gasteiger partial charge < -0.3 is 10.6 Å². The van der Waals surface area contributed by atoms with Crippen molar-refractivity contribution < 1.29 is 13.2 Å². The van der Waals surface area contributed by atoms with Gasteiger partial charge in [0.1, 0.15) is 0 Å². The Morgan fingerprint density at radius 1 is 1.17 bits per heavy atom. The van der Waals surface area contributed by atoms with E-state index in [2.05, 4.69) is 0 Å². The van der Waals surface area contributed by atoms with Crippen molar-refractivity contribution >= 4 is 28.3 Å². The largest absolute Gasteiger partial charge is 0.339 e. The van der Waals surface area contributed by atoms with Gasteiger partial charge in [-0.15, -0.1) is 12.4 Å². The van der Waals surface area contributed by atoms with Crippen LogP contribution in [0.2, 0.25) is 0 Å². The number of sulfonamides is 1. The highest BCUT2D eigenvalue weighted by atomic mass is 35.5. The zero-order valence-electron chi connectivity index (χ0n) is 13.5. The van der Waals surface area contributed by atoms with Crippen LogP contribution in [-0.4, -0.2) is 61.5 Å². The fourth-order valence-corrected chi connectivity index (χ4v) is 4.90. The van der Waals surface area contributed by atoms with Crippen molar-refractivity contribution in [3.8, 4) is 0 Å². The number of likely N-dealkylation sites (tertiary alicyclic amines) is 1. The summed E-state index contributed by atoms with van der Waals surface area (Å²) in [6.45, 7) is 1.41. The summed E-state index contributed by atoms with van der Waals surface area (Å²) < 4.78 is 25.3. The lowest BCUT2D eigenvalue weighted by Crippen LogP contribution is -2.45. The molecule has 1 amide bonds. The smallest absolute Gasteiger partial charge is 0.237 e. The second-order valence-electron chi connectivity index (χ2n) is 6.34. The molecule has 3 rings (SSSR count). The van der Waals surface area contributed by atoms with Gasteiger partial charge in [-0.25, -0.2) is 8.42 Å². The summed E-state index contributed by atoms with van der Waals surface area (Å²) in [5, 5.41) is 0. The van der Waals surface area contributed by atoms with Crippen molar-refractivity contribution in [2.75, 3.05) is 31.9 Å². The van der Waals surface area contributed by atoms with Crippen LogP contribution in [0.15, 0.2) is 30.3 Å². The van der Waals surface area contributed by atoms with Crippen LogP contribution >= 0.6 is 12.4 Å². The molecule has 2 heterocycles. The van der Waals surface area contributed by atoms with Crippen LogP contribution in [0, 0.1) is 0 Å². The summed E-state index contributed by atoms with van der Waals surface area (Å²) >= 11 is 0. The molecule has 2 saturated heterocycles. The van der Waals surface area contributed by atoms with Crippen LogP contribution < -0.4 is 5.73 Å². The summed E-state index contributed by atoms with van der Waals surface area (Å²) in [4.78, 5) is 14.2. The summed E-state index contributed by atoms with van der Waals surface area (Å²) in [7, 11) is -3.27. The molecule has 6 nitrogen and oxygen atoms in total. The second kappa shape index (κ2) is 7.82. The van der Waals surface area contributed by atoms with E-state index in [9.17, 15) is 13.2 Å².